The minimum Gasteiger partial charge on any atom is -0.380 e. The summed E-state index contributed by atoms with van der Waals surface area (Å²) in [6, 6.07) is 8.23. The van der Waals surface area contributed by atoms with Gasteiger partial charge in [-0.2, -0.15) is 0 Å². The van der Waals surface area contributed by atoms with Crippen LogP contribution in [0.4, 0.5) is 0 Å². The first-order valence-electron chi connectivity index (χ1n) is 7.52. The molecule has 0 radical (unpaired) electrons. The van der Waals surface area contributed by atoms with E-state index in [0.717, 1.165) is 31.5 Å². The molecule has 1 aromatic carbocycles. The van der Waals surface area contributed by atoms with E-state index < -0.39 is 0 Å². The summed E-state index contributed by atoms with van der Waals surface area (Å²) in [5, 5.41) is 1.17. The van der Waals surface area contributed by atoms with Crippen LogP contribution in [0, 0.1) is 0 Å². The first-order valence-corrected chi connectivity index (χ1v) is 7.52. The maximum atomic E-state index is 12.5. The van der Waals surface area contributed by atoms with E-state index in [2.05, 4.69) is 22.9 Å². The van der Waals surface area contributed by atoms with E-state index in [1.807, 2.05) is 24.1 Å². The van der Waals surface area contributed by atoms with Crippen molar-refractivity contribution in [3.63, 3.8) is 0 Å². The number of benzene rings is 1. The molecule has 0 unspecified atom stereocenters. The number of carbonyl (C=O) groups is 1. The summed E-state index contributed by atoms with van der Waals surface area (Å²) >= 11 is 0. The van der Waals surface area contributed by atoms with Crippen molar-refractivity contribution in [2.24, 2.45) is 7.05 Å². The number of para-hydroxylation sites is 1. The molecule has 0 aliphatic carbocycles. The standard InChI is InChI=1S/C17H22N2O2/c1-18-11-13(15-7-3-4-8-16(15)18)10-17(20)19-9-5-6-14(12-19)21-2/h3-4,7-8,11,14H,5-6,9-10,12H2,1-2H3/t14-/m1/s1. The number of rotatable bonds is 3. The van der Waals surface area contributed by atoms with Crippen molar-refractivity contribution in [2.75, 3.05) is 20.2 Å². The smallest absolute Gasteiger partial charge is 0.227 e. The van der Waals surface area contributed by atoms with Crippen molar-refractivity contribution in [2.45, 2.75) is 25.4 Å². The molecule has 4 heteroatoms. The zero-order valence-corrected chi connectivity index (χ0v) is 12.7. The molecule has 0 bridgehead atoms. The van der Waals surface area contributed by atoms with Crippen LogP contribution < -0.4 is 0 Å². The topological polar surface area (TPSA) is 34.5 Å². The monoisotopic (exact) mass is 286 g/mol. The third kappa shape index (κ3) is 2.81. The molecule has 21 heavy (non-hydrogen) atoms. The molecule has 1 atom stereocenters. The van der Waals surface area contributed by atoms with E-state index in [-0.39, 0.29) is 12.0 Å². The maximum absolute atomic E-state index is 12.5. The van der Waals surface area contributed by atoms with Gasteiger partial charge < -0.3 is 14.2 Å². The highest BCUT2D eigenvalue weighted by Gasteiger charge is 2.24. The van der Waals surface area contributed by atoms with Crippen molar-refractivity contribution in [3.05, 3.63) is 36.0 Å². The molecule has 1 aliphatic rings. The normalized spacial score (nSPS) is 19.1. The van der Waals surface area contributed by atoms with Crippen LogP contribution in [-0.4, -0.2) is 41.7 Å². The van der Waals surface area contributed by atoms with Crippen LogP contribution in [0.15, 0.2) is 30.5 Å². The van der Waals surface area contributed by atoms with Crippen LogP contribution in [0.2, 0.25) is 0 Å². The molecule has 1 aliphatic heterocycles. The number of fused-ring (bicyclic) bond motifs is 1. The average Bonchev–Trinajstić information content (AvgIpc) is 2.84. The molecule has 3 rings (SSSR count). The third-order valence-corrected chi connectivity index (χ3v) is 4.39. The lowest BCUT2D eigenvalue weighted by Crippen LogP contribution is -2.43. The Kier molecular flexibility index (Phi) is 3.97. The molecule has 1 aromatic heterocycles. The van der Waals surface area contributed by atoms with E-state index in [4.69, 9.17) is 4.74 Å². The van der Waals surface area contributed by atoms with E-state index in [9.17, 15) is 4.79 Å². The number of amides is 1. The Balaban J connectivity index is 1.77. The SMILES string of the molecule is CO[C@@H]1CCCN(C(=O)Cc2cn(C)c3ccccc23)C1. The summed E-state index contributed by atoms with van der Waals surface area (Å²) in [6.07, 6.45) is 4.81. The molecule has 2 aromatic rings. The quantitative estimate of drug-likeness (QED) is 0.868. The number of aryl methyl sites for hydroxylation is 1. The number of hydrogen-bond donors (Lipinski definition) is 0. The first-order chi connectivity index (χ1) is 10.2. The summed E-state index contributed by atoms with van der Waals surface area (Å²) in [6.45, 7) is 1.57. The number of aromatic nitrogens is 1. The lowest BCUT2D eigenvalue weighted by atomic mass is 10.1. The van der Waals surface area contributed by atoms with Gasteiger partial charge in [0.15, 0.2) is 0 Å². The van der Waals surface area contributed by atoms with Gasteiger partial charge in [0, 0.05) is 44.3 Å². The van der Waals surface area contributed by atoms with Gasteiger partial charge >= 0.3 is 0 Å². The molecule has 1 fully saturated rings. The zero-order chi connectivity index (χ0) is 14.8. The molecule has 0 N–H and O–H groups in total. The van der Waals surface area contributed by atoms with Gasteiger partial charge in [-0.3, -0.25) is 4.79 Å². The highest BCUT2D eigenvalue weighted by molar-refractivity contribution is 5.89. The van der Waals surface area contributed by atoms with Crippen LogP contribution in [-0.2, 0) is 23.0 Å². The first kappa shape index (κ1) is 14.1. The molecule has 0 spiro atoms. The molecule has 1 saturated heterocycles. The van der Waals surface area contributed by atoms with Gasteiger partial charge in [0.2, 0.25) is 5.91 Å². The fourth-order valence-corrected chi connectivity index (χ4v) is 3.20. The van der Waals surface area contributed by atoms with Crippen molar-refractivity contribution in [1.82, 2.24) is 9.47 Å². The highest BCUT2D eigenvalue weighted by atomic mass is 16.5. The number of methoxy groups -OCH3 is 1. The van der Waals surface area contributed by atoms with E-state index in [0.29, 0.717) is 6.42 Å². The van der Waals surface area contributed by atoms with Gasteiger partial charge in [0.05, 0.1) is 12.5 Å². The molecular formula is C17H22N2O2. The lowest BCUT2D eigenvalue weighted by Gasteiger charge is -2.32. The molecule has 1 amide bonds. The molecule has 2 heterocycles. The summed E-state index contributed by atoms with van der Waals surface area (Å²) in [5.74, 6) is 0.202. The van der Waals surface area contributed by atoms with E-state index in [1.54, 1.807) is 7.11 Å². The van der Waals surface area contributed by atoms with Crippen molar-refractivity contribution < 1.29 is 9.53 Å². The van der Waals surface area contributed by atoms with Crippen molar-refractivity contribution in [1.29, 1.82) is 0 Å². The minimum atomic E-state index is 0.190. The largest absolute Gasteiger partial charge is 0.380 e. The van der Waals surface area contributed by atoms with Crippen LogP contribution >= 0.6 is 0 Å². The summed E-state index contributed by atoms with van der Waals surface area (Å²) < 4.78 is 7.49. The number of nitrogens with zero attached hydrogens (tertiary/aromatic N) is 2. The van der Waals surface area contributed by atoms with Gasteiger partial charge in [-0.15, -0.1) is 0 Å². The average molecular weight is 286 g/mol. The highest BCUT2D eigenvalue weighted by Crippen LogP contribution is 2.22. The van der Waals surface area contributed by atoms with Crippen LogP contribution in [0.3, 0.4) is 0 Å². The third-order valence-electron chi connectivity index (χ3n) is 4.39. The van der Waals surface area contributed by atoms with Gasteiger partial charge in [0.1, 0.15) is 0 Å². The van der Waals surface area contributed by atoms with Gasteiger partial charge in [-0.1, -0.05) is 18.2 Å². The van der Waals surface area contributed by atoms with Gasteiger partial charge in [-0.05, 0) is 24.5 Å². The predicted octanol–water partition coefficient (Wildman–Crippen LogP) is 2.36. The fourth-order valence-electron chi connectivity index (χ4n) is 3.20. The van der Waals surface area contributed by atoms with Crippen LogP contribution in [0.1, 0.15) is 18.4 Å². The number of ether oxygens (including phenoxy) is 1. The Bertz CT molecular complexity index is 647. The molecule has 4 nitrogen and oxygen atoms in total. The number of hydrogen-bond acceptors (Lipinski definition) is 2. The van der Waals surface area contributed by atoms with Crippen molar-refractivity contribution >= 4 is 16.8 Å². The van der Waals surface area contributed by atoms with E-state index >= 15 is 0 Å². The second-order valence-corrected chi connectivity index (χ2v) is 5.80. The fraction of sp³-hybridized carbons (Fsp3) is 0.471. The summed E-state index contributed by atoms with van der Waals surface area (Å²) in [5.41, 5.74) is 2.28. The lowest BCUT2D eigenvalue weighted by molar-refractivity contribution is -0.133. The van der Waals surface area contributed by atoms with Gasteiger partial charge in [-0.25, -0.2) is 0 Å². The summed E-state index contributed by atoms with van der Waals surface area (Å²) in [4.78, 5) is 14.5. The molecule has 112 valence electrons. The van der Waals surface area contributed by atoms with Crippen molar-refractivity contribution in [3.8, 4) is 0 Å². The Morgan fingerprint density at radius 3 is 3.00 bits per heavy atom. The predicted molar refractivity (Wildman–Crippen MR) is 83.2 cm³/mol. The van der Waals surface area contributed by atoms with Gasteiger partial charge in [0.25, 0.3) is 0 Å². The Labute approximate surface area is 125 Å². The molecular weight excluding hydrogens is 264 g/mol. The second kappa shape index (κ2) is 5.90. The van der Waals surface area contributed by atoms with E-state index in [1.165, 1.54) is 10.9 Å². The van der Waals surface area contributed by atoms with Crippen LogP contribution in [0.5, 0.6) is 0 Å². The zero-order valence-electron chi connectivity index (χ0n) is 12.7. The Morgan fingerprint density at radius 1 is 1.38 bits per heavy atom. The number of carbonyl (C=O) groups excluding carboxylic acids is 1. The maximum Gasteiger partial charge on any atom is 0.227 e. The second-order valence-electron chi connectivity index (χ2n) is 5.80. The minimum absolute atomic E-state index is 0.190. The number of likely N-dealkylation sites (tertiary alicyclic amines) is 1. The molecule has 0 saturated carbocycles. The summed E-state index contributed by atoms with van der Waals surface area (Å²) in [7, 11) is 3.75. The van der Waals surface area contributed by atoms with Crippen LogP contribution in [0.25, 0.3) is 10.9 Å². The Hall–Kier alpha value is -1.81. The Morgan fingerprint density at radius 2 is 2.19 bits per heavy atom. The number of piperidine rings is 1.